The minimum Gasteiger partial charge on any atom is -0.486 e. The number of nitrogens with one attached hydrogen (secondary N) is 1. The Kier molecular flexibility index (Phi) is 5.99. The van der Waals surface area contributed by atoms with E-state index in [9.17, 15) is 4.79 Å². The first kappa shape index (κ1) is 18.4. The number of fused-ring (bicyclic) bond motifs is 1. The first-order valence-corrected chi connectivity index (χ1v) is 10.1. The molecule has 0 atom stereocenters. The summed E-state index contributed by atoms with van der Waals surface area (Å²) >= 11 is 0. The number of benzene rings is 1. The Bertz CT molecular complexity index is 642. The van der Waals surface area contributed by atoms with Gasteiger partial charge in [0, 0.05) is 44.1 Å². The van der Waals surface area contributed by atoms with Gasteiger partial charge in [-0.1, -0.05) is 0 Å². The molecular weight excluding hydrogens is 346 g/mol. The van der Waals surface area contributed by atoms with Crippen molar-refractivity contribution in [2.24, 2.45) is 0 Å². The molecule has 7 heteroatoms. The molecule has 3 aliphatic heterocycles. The van der Waals surface area contributed by atoms with Gasteiger partial charge in [0.05, 0.1) is 0 Å². The molecule has 2 amide bonds. The molecule has 2 saturated heterocycles. The van der Waals surface area contributed by atoms with Crippen LogP contribution in [0.25, 0.3) is 0 Å². The fraction of sp³-hybridized carbons (Fsp3) is 0.650. The molecule has 4 rings (SSSR count). The van der Waals surface area contributed by atoms with Crippen molar-refractivity contribution in [3.63, 3.8) is 0 Å². The molecule has 1 aromatic rings. The lowest BCUT2D eigenvalue weighted by molar-refractivity contribution is 0.0460. The highest BCUT2D eigenvalue weighted by Crippen LogP contribution is 2.32. The van der Waals surface area contributed by atoms with Crippen molar-refractivity contribution in [3.05, 3.63) is 18.2 Å². The van der Waals surface area contributed by atoms with Gasteiger partial charge in [-0.25, -0.2) is 4.79 Å². The van der Waals surface area contributed by atoms with Crippen LogP contribution in [0, 0.1) is 0 Å². The highest BCUT2D eigenvalue weighted by atomic mass is 16.6. The SMILES string of the molecule is O=C(Nc1ccc2c(c1)OCCO2)N(CCN1CCCC1)C1CCOCC1. The van der Waals surface area contributed by atoms with Crippen LogP contribution in [0.4, 0.5) is 10.5 Å². The van der Waals surface area contributed by atoms with E-state index in [2.05, 4.69) is 10.2 Å². The highest BCUT2D eigenvalue weighted by molar-refractivity contribution is 5.90. The quantitative estimate of drug-likeness (QED) is 0.857. The monoisotopic (exact) mass is 375 g/mol. The van der Waals surface area contributed by atoms with Crippen LogP contribution in [0.1, 0.15) is 25.7 Å². The molecule has 7 nitrogen and oxygen atoms in total. The second-order valence-corrected chi connectivity index (χ2v) is 7.37. The van der Waals surface area contributed by atoms with Gasteiger partial charge in [-0.15, -0.1) is 0 Å². The van der Waals surface area contributed by atoms with Gasteiger partial charge >= 0.3 is 6.03 Å². The summed E-state index contributed by atoms with van der Waals surface area (Å²) in [6.45, 7) is 6.52. The number of rotatable bonds is 5. The molecule has 0 aromatic heterocycles. The zero-order valence-electron chi connectivity index (χ0n) is 15.8. The largest absolute Gasteiger partial charge is 0.486 e. The molecule has 27 heavy (non-hydrogen) atoms. The average Bonchev–Trinajstić information content (AvgIpc) is 3.22. The summed E-state index contributed by atoms with van der Waals surface area (Å²) < 4.78 is 16.7. The van der Waals surface area contributed by atoms with Crippen molar-refractivity contribution in [1.82, 2.24) is 9.80 Å². The molecule has 1 aromatic carbocycles. The summed E-state index contributed by atoms with van der Waals surface area (Å²) in [6.07, 6.45) is 4.32. The van der Waals surface area contributed by atoms with Crippen LogP contribution in [0.2, 0.25) is 0 Å². The van der Waals surface area contributed by atoms with Crippen molar-refractivity contribution in [2.75, 3.05) is 57.9 Å². The topological polar surface area (TPSA) is 63.3 Å². The van der Waals surface area contributed by atoms with Gasteiger partial charge in [0.25, 0.3) is 0 Å². The number of likely N-dealkylation sites (tertiary alicyclic amines) is 1. The van der Waals surface area contributed by atoms with E-state index in [0.717, 1.165) is 63.7 Å². The minimum atomic E-state index is -0.0437. The number of carbonyl (C=O) groups excluding carboxylic acids is 1. The summed E-state index contributed by atoms with van der Waals surface area (Å²) in [6, 6.07) is 5.76. The zero-order valence-corrected chi connectivity index (χ0v) is 15.8. The maximum Gasteiger partial charge on any atom is 0.322 e. The zero-order chi connectivity index (χ0) is 18.5. The molecule has 0 bridgehead atoms. The van der Waals surface area contributed by atoms with Crippen LogP contribution in [0.15, 0.2) is 18.2 Å². The van der Waals surface area contributed by atoms with Crippen LogP contribution >= 0.6 is 0 Å². The lowest BCUT2D eigenvalue weighted by atomic mass is 10.1. The standard InChI is InChI=1S/C20H29N3O4/c24-20(21-16-3-4-18-19(15-16)27-14-13-26-18)23(17-5-11-25-12-6-17)10-9-22-7-1-2-8-22/h3-4,15,17H,1-2,5-14H2,(H,21,24). The maximum absolute atomic E-state index is 13.1. The predicted molar refractivity (Wildman–Crippen MR) is 103 cm³/mol. The first-order chi connectivity index (χ1) is 13.3. The van der Waals surface area contributed by atoms with Gasteiger partial charge in [0.1, 0.15) is 13.2 Å². The Morgan fingerprint density at radius 1 is 1.07 bits per heavy atom. The van der Waals surface area contributed by atoms with Gasteiger partial charge in [-0.05, 0) is 50.9 Å². The third kappa shape index (κ3) is 4.65. The number of amides is 2. The van der Waals surface area contributed by atoms with Crippen molar-refractivity contribution in [2.45, 2.75) is 31.7 Å². The number of anilines is 1. The van der Waals surface area contributed by atoms with Crippen molar-refractivity contribution >= 4 is 11.7 Å². The number of carbonyl (C=O) groups is 1. The molecular formula is C20H29N3O4. The van der Waals surface area contributed by atoms with Crippen LogP contribution in [-0.4, -0.2) is 74.5 Å². The number of ether oxygens (including phenoxy) is 3. The minimum absolute atomic E-state index is 0.0437. The van der Waals surface area contributed by atoms with E-state index in [0.29, 0.717) is 19.0 Å². The van der Waals surface area contributed by atoms with E-state index < -0.39 is 0 Å². The van der Waals surface area contributed by atoms with Gasteiger partial charge in [0.15, 0.2) is 11.5 Å². The smallest absolute Gasteiger partial charge is 0.322 e. The number of nitrogens with zero attached hydrogens (tertiary/aromatic N) is 2. The lowest BCUT2D eigenvalue weighted by Gasteiger charge is -2.35. The number of hydrogen-bond acceptors (Lipinski definition) is 5. The fourth-order valence-electron chi connectivity index (χ4n) is 4.02. The average molecular weight is 375 g/mol. The Morgan fingerprint density at radius 3 is 2.59 bits per heavy atom. The molecule has 0 spiro atoms. The first-order valence-electron chi connectivity index (χ1n) is 10.1. The van der Waals surface area contributed by atoms with E-state index in [1.54, 1.807) is 0 Å². The van der Waals surface area contributed by atoms with Crippen LogP contribution in [0.5, 0.6) is 11.5 Å². The van der Waals surface area contributed by atoms with E-state index in [-0.39, 0.29) is 12.1 Å². The molecule has 0 saturated carbocycles. The van der Waals surface area contributed by atoms with Crippen LogP contribution < -0.4 is 14.8 Å². The third-order valence-electron chi connectivity index (χ3n) is 5.54. The normalized spacial score (nSPS) is 20.4. The molecule has 0 aliphatic carbocycles. The van der Waals surface area contributed by atoms with Crippen molar-refractivity contribution < 1.29 is 19.0 Å². The predicted octanol–water partition coefficient (Wildman–Crippen LogP) is 2.57. The molecule has 2 fully saturated rings. The van der Waals surface area contributed by atoms with Crippen molar-refractivity contribution in [1.29, 1.82) is 0 Å². The molecule has 148 valence electrons. The second-order valence-electron chi connectivity index (χ2n) is 7.37. The summed E-state index contributed by atoms with van der Waals surface area (Å²) in [5.74, 6) is 1.42. The summed E-state index contributed by atoms with van der Waals surface area (Å²) in [5.41, 5.74) is 0.738. The van der Waals surface area contributed by atoms with Gasteiger partial charge < -0.3 is 29.3 Å². The molecule has 1 N–H and O–H groups in total. The third-order valence-corrected chi connectivity index (χ3v) is 5.54. The van der Waals surface area contributed by atoms with E-state index in [4.69, 9.17) is 14.2 Å². The van der Waals surface area contributed by atoms with Crippen LogP contribution in [0.3, 0.4) is 0 Å². The number of urea groups is 1. The van der Waals surface area contributed by atoms with Gasteiger partial charge in [-0.3, -0.25) is 0 Å². The Morgan fingerprint density at radius 2 is 1.81 bits per heavy atom. The summed E-state index contributed by atoms with van der Waals surface area (Å²) in [5, 5.41) is 3.06. The highest BCUT2D eigenvalue weighted by Gasteiger charge is 2.27. The molecule has 3 heterocycles. The van der Waals surface area contributed by atoms with Gasteiger partial charge in [0.2, 0.25) is 0 Å². The van der Waals surface area contributed by atoms with Gasteiger partial charge in [-0.2, -0.15) is 0 Å². The number of hydrogen-bond donors (Lipinski definition) is 1. The van der Waals surface area contributed by atoms with E-state index in [1.807, 2.05) is 23.1 Å². The van der Waals surface area contributed by atoms with Crippen LogP contribution in [-0.2, 0) is 4.74 Å². The lowest BCUT2D eigenvalue weighted by Crippen LogP contribution is -2.48. The molecule has 0 unspecified atom stereocenters. The summed E-state index contributed by atoms with van der Waals surface area (Å²) in [4.78, 5) is 17.5. The van der Waals surface area contributed by atoms with E-state index in [1.165, 1.54) is 12.8 Å². The molecule has 0 radical (unpaired) electrons. The second kappa shape index (κ2) is 8.80. The Labute approximate surface area is 160 Å². The summed E-state index contributed by atoms with van der Waals surface area (Å²) in [7, 11) is 0. The molecule has 3 aliphatic rings. The fourth-order valence-corrected chi connectivity index (χ4v) is 4.02. The maximum atomic E-state index is 13.1. The van der Waals surface area contributed by atoms with E-state index >= 15 is 0 Å². The Balaban J connectivity index is 1.42. The Hall–Kier alpha value is -1.99. The van der Waals surface area contributed by atoms with Crippen molar-refractivity contribution in [3.8, 4) is 11.5 Å².